The molecule has 3 atom stereocenters. The minimum absolute atomic E-state index is 0. The molecule has 1 rings (SSSR count). The number of carbonyl (C=O) groups excluding carboxylic acids is 4. The van der Waals surface area contributed by atoms with Crippen molar-refractivity contribution >= 4 is 40.8 Å². The topological polar surface area (TPSA) is 168 Å². The number of unbranched alkanes of at least 4 members (excludes halogenated alkanes) is 1. The lowest BCUT2D eigenvalue weighted by Crippen LogP contribution is -2.48. The first-order chi connectivity index (χ1) is 24.8. The Morgan fingerprint density at radius 1 is 0.926 bits per heavy atom. The SMILES string of the molecule is C.CCC(C)(CCCC(C)(CC(C)(C)C(=O)NCC(C)=O)C(=O)NCC(C)O)C(=O)OCCOCCOC.CCCCNC.CN1CCCC1=S.CNC. The second kappa shape index (κ2) is 34.1. The molecule has 0 aromatic heterocycles. The van der Waals surface area contributed by atoms with E-state index in [-0.39, 0.29) is 63.7 Å². The maximum atomic E-state index is 13.2. The minimum Gasteiger partial charge on any atom is -0.463 e. The summed E-state index contributed by atoms with van der Waals surface area (Å²) in [5.74, 6) is -1.05. The summed E-state index contributed by atoms with van der Waals surface area (Å²) in [6, 6.07) is 0. The number of thiocarbonyl (C=S) groups is 1. The van der Waals surface area contributed by atoms with Crippen molar-refractivity contribution in [3.05, 3.63) is 0 Å². The van der Waals surface area contributed by atoms with Gasteiger partial charge in [-0.1, -0.05) is 67.1 Å². The van der Waals surface area contributed by atoms with Crippen LogP contribution in [-0.2, 0) is 33.4 Å². The van der Waals surface area contributed by atoms with E-state index in [1.54, 1.807) is 34.8 Å². The van der Waals surface area contributed by atoms with Crippen molar-refractivity contribution in [2.24, 2.45) is 16.2 Å². The van der Waals surface area contributed by atoms with Crippen LogP contribution in [0.2, 0.25) is 0 Å². The van der Waals surface area contributed by atoms with E-state index in [0.29, 0.717) is 38.9 Å². The Hall–Kier alpha value is -2.23. The van der Waals surface area contributed by atoms with Crippen molar-refractivity contribution in [2.45, 2.75) is 127 Å². The Balaban J connectivity index is -0.000000602. The molecule has 14 heteroatoms. The van der Waals surface area contributed by atoms with Gasteiger partial charge in [-0.2, -0.15) is 0 Å². The highest BCUT2D eigenvalue weighted by Gasteiger charge is 2.42. The molecule has 0 radical (unpaired) electrons. The standard InChI is InChI=1S/C27H50N2O8.C5H9NS.C5H13N.C2H7N.CH4/c1-9-26(6,24(34)37-16-15-36-14-13-35-8)11-10-12-27(7,23(33)29-18-21(3)31)19-25(4,5)22(32)28-17-20(2)30;1-6-4-2-3-5(6)7;1-3-4-5-6-2;1-3-2;/h21,31H,9-19H2,1-8H3,(H,28,32)(H,29,33);2-4H2,1H3;6H,3-5H2,1-2H3;3H,1-2H3;1H4. The Labute approximate surface area is 335 Å². The summed E-state index contributed by atoms with van der Waals surface area (Å²) in [6.45, 7) is 17.9. The van der Waals surface area contributed by atoms with Crippen molar-refractivity contribution in [3.63, 3.8) is 0 Å². The minimum atomic E-state index is -0.945. The number of Topliss-reactive ketones (excluding diaryl/α,β-unsaturated/α-hetero) is 1. The number of ether oxygens (including phenoxy) is 3. The lowest BCUT2D eigenvalue weighted by atomic mass is 9.69. The van der Waals surface area contributed by atoms with Crippen LogP contribution < -0.4 is 21.3 Å². The third-order valence-corrected chi connectivity index (χ3v) is 9.28. The normalized spacial score (nSPS) is 14.9. The van der Waals surface area contributed by atoms with Crippen LogP contribution >= 0.6 is 12.2 Å². The molecular weight excluding hydrogens is 711 g/mol. The maximum absolute atomic E-state index is 13.2. The van der Waals surface area contributed by atoms with E-state index in [9.17, 15) is 24.3 Å². The Kier molecular flexibility index (Phi) is 36.9. The number of amides is 2. The lowest BCUT2D eigenvalue weighted by molar-refractivity contribution is -0.157. The number of aliphatic hydroxyl groups excluding tert-OH is 1. The zero-order valence-electron chi connectivity index (χ0n) is 35.8. The van der Waals surface area contributed by atoms with Gasteiger partial charge in [0.1, 0.15) is 12.4 Å². The average Bonchev–Trinajstić information content (AvgIpc) is 3.48. The summed E-state index contributed by atoms with van der Waals surface area (Å²) >= 11 is 4.97. The van der Waals surface area contributed by atoms with Crippen LogP contribution in [0.25, 0.3) is 0 Å². The van der Waals surface area contributed by atoms with Crippen molar-refractivity contribution < 1.29 is 38.5 Å². The average molecular weight is 794 g/mol. The second-order valence-corrected chi connectivity index (χ2v) is 15.4. The van der Waals surface area contributed by atoms with Gasteiger partial charge in [0.2, 0.25) is 11.8 Å². The van der Waals surface area contributed by atoms with Crippen LogP contribution in [0.1, 0.15) is 121 Å². The van der Waals surface area contributed by atoms with Gasteiger partial charge in [0, 0.05) is 38.1 Å². The van der Waals surface area contributed by atoms with Gasteiger partial charge in [-0.15, -0.1) is 0 Å². The summed E-state index contributed by atoms with van der Waals surface area (Å²) in [7, 11) is 9.37. The second-order valence-electron chi connectivity index (χ2n) is 14.9. The molecule has 0 aromatic carbocycles. The van der Waals surface area contributed by atoms with Crippen molar-refractivity contribution in [3.8, 4) is 0 Å². The summed E-state index contributed by atoms with van der Waals surface area (Å²) in [4.78, 5) is 53.4. The molecule has 54 heavy (non-hydrogen) atoms. The molecule has 1 saturated heterocycles. The molecule has 1 heterocycles. The van der Waals surface area contributed by atoms with Gasteiger partial charge in [0.05, 0.1) is 42.9 Å². The summed E-state index contributed by atoms with van der Waals surface area (Å²) in [5, 5.41) is 20.9. The zero-order chi connectivity index (χ0) is 41.5. The highest BCUT2D eigenvalue weighted by atomic mass is 32.1. The van der Waals surface area contributed by atoms with E-state index in [4.69, 9.17) is 26.4 Å². The molecule has 322 valence electrons. The molecule has 0 saturated carbocycles. The number of aliphatic hydroxyl groups is 1. The molecule has 0 spiro atoms. The number of likely N-dealkylation sites (tertiary alicyclic amines) is 1. The number of hydrogen-bond donors (Lipinski definition) is 5. The fraction of sp³-hybridized carbons (Fsp3) is 0.875. The Bertz CT molecular complexity index is 1010. The van der Waals surface area contributed by atoms with Gasteiger partial charge >= 0.3 is 5.97 Å². The number of ketones is 1. The predicted octanol–water partition coefficient (Wildman–Crippen LogP) is 4.92. The number of rotatable bonds is 23. The number of carbonyl (C=O) groups is 4. The molecule has 2 amide bonds. The summed E-state index contributed by atoms with van der Waals surface area (Å²) in [6.07, 6.45) is 6.54. The van der Waals surface area contributed by atoms with E-state index < -0.39 is 22.3 Å². The van der Waals surface area contributed by atoms with Crippen molar-refractivity contribution in [1.82, 2.24) is 26.2 Å². The first kappa shape index (κ1) is 58.5. The molecule has 1 fully saturated rings. The number of esters is 1. The van der Waals surface area contributed by atoms with Crippen molar-refractivity contribution in [2.75, 3.05) is 87.9 Å². The van der Waals surface area contributed by atoms with E-state index in [2.05, 4.69) is 40.1 Å². The van der Waals surface area contributed by atoms with Gasteiger partial charge in [0.25, 0.3) is 0 Å². The van der Waals surface area contributed by atoms with Gasteiger partial charge < -0.3 is 45.5 Å². The maximum Gasteiger partial charge on any atom is 0.311 e. The fourth-order valence-corrected chi connectivity index (χ4v) is 5.51. The molecule has 3 unspecified atom stereocenters. The largest absolute Gasteiger partial charge is 0.463 e. The molecule has 0 aliphatic carbocycles. The number of nitrogens with zero attached hydrogens (tertiary/aromatic N) is 1. The number of hydrogen-bond acceptors (Lipinski definition) is 11. The molecule has 0 bridgehead atoms. The quantitative estimate of drug-likeness (QED) is 0.0539. The fourth-order valence-electron chi connectivity index (χ4n) is 5.28. The van der Waals surface area contributed by atoms with Gasteiger partial charge in [-0.05, 0) is 93.4 Å². The Morgan fingerprint density at radius 3 is 1.91 bits per heavy atom. The van der Waals surface area contributed by atoms with Gasteiger partial charge in [-0.3, -0.25) is 19.2 Å². The van der Waals surface area contributed by atoms with Crippen LogP contribution in [0, 0.1) is 16.2 Å². The number of nitrogens with one attached hydrogen (secondary N) is 4. The highest BCUT2D eigenvalue weighted by molar-refractivity contribution is 7.80. The van der Waals surface area contributed by atoms with E-state index >= 15 is 0 Å². The highest BCUT2D eigenvalue weighted by Crippen LogP contribution is 2.40. The molecule has 5 N–H and O–H groups in total. The van der Waals surface area contributed by atoms with E-state index in [1.807, 2.05) is 35.0 Å². The lowest BCUT2D eigenvalue weighted by Gasteiger charge is -2.36. The van der Waals surface area contributed by atoms with Crippen LogP contribution in [-0.4, -0.2) is 133 Å². The van der Waals surface area contributed by atoms with Gasteiger partial charge in [0.15, 0.2) is 0 Å². The third kappa shape index (κ3) is 29.1. The molecule has 0 aromatic rings. The van der Waals surface area contributed by atoms with E-state index in [1.165, 1.54) is 32.7 Å². The van der Waals surface area contributed by atoms with Crippen LogP contribution in [0.5, 0.6) is 0 Å². The predicted molar refractivity (Wildman–Crippen MR) is 226 cm³/mol. The smallest absolute Gasteiger partial charge is 0.311 e. The van der Waals surface area contributed by atoms with Crippen LogP contribution in [0.3, 0.4) is 0 Å². The Morgan fingerprint density at radius 2 is 1.50 bits per heavy atom. The molecule has 13 nitrogen and oxygen atoms in total. The van der Waals surface area contributed by atoms with Crippen LogP contribution in [0.15, 0.2) is 0 Å². The molecule has 1 aliphatic rings. The number of methoxy groups -OCH3 is 1. The first-order valence-electron chi connectivity index (χ1n) is 19.2. The van der Waals surface area contributed by atoms with E-state index in [0.717, 1.165) is 18.0 Å². The molecule has 1 aliphatic heterocycles. The monoisotopic (exact) mass is 794 g/mol. The van der Waals surface area contributed by atoms with Gasteiger partial charge in [-0.25, -0.2) is 0 Å². The molecular formula is C40H83N5O8S. The summed E-state index contributed by atoms with van der Waals surface area (Å²) < 4.78 is 15.7. The first-order valence-corrected chi connectivity index (χ1v) is 19.6. The zero-order valence-corrected chi connectivity index (χ0v) is 36.6. The van der Waals surface area contributed by atoms with Crippen molar-refractivity contribution in [1.29, 1.82) is 0 Å². The summed E-state index contributed by atoms with van der Waals surface area (Å²) in [5.41, 5.74) is -2.60. The van der Waals surface area contributed by atoms with Crippen LogP contribution in [0.4, 0.5) is 0 Å². The third-order valence-electron chi connectivity index (χ3n) is 8.76.